The van der Waals surface area contributed by atoms with Crippen LogP contribution < -0.4 is 15.0 Å². The van der Waals surface area contributed by atoms with E-state index in [0.29, 0.717) is 5.92 Å². The van der Waals surface area contributed by atoms with Crippen LogP contribution in [-0.2, 0) is 0 Å². The largest absolute Gasteiger partial charge is 0.573 e. The molecule has 1 atom stereocenters. The number of alkyl halides is 3. The third kappa shape index (κ3) is 3.61. The fourth-order valence-corrected chi connectivity index (χ4v) is 3.16. The number of nitrogens with zero attached hydrogens (tertiary/aromatic N) is 1. The zero-order chi connectivity index (χ0) is 14.9. The molecule has 3 rings (SSSR count). The summed E-state index contributed by atoms with van der Waals surface area (Å²) in [6, 6.07) is 6.13. The molecule has 1 N–H and O–H groups in total. The van der Waals surface area contributed by atoms with Crippen LogP contribution in [0, 0.1) is 11.8 Å². The van der Waals surface area contributed by atoms with Crippen LogP contribution in [0.4, 0.5) is 18.9 Å². The SMILES string of the molecule is FC(F)(F)Oc1ccc(N2CC(C3CCCNC3)C2)cc1. The van der Waals surface area contributed by atoms with E-state index in [1.807, 2.05) is 0 Å². The first-order valence-corrected chi connectivity index (χ1v) is 7.33. The van der Waals surface area contributed by atoms with E-state index in [-0.39, 0.29) is 5.75 Å². The number of halogens is 3. The van der Waals surface area contributed by atoms with Gasteiger partial charge in [0, 0.05) is 18.8 Å². The van der Waals surface area contributed by atoms with Gasteiger partial charge in [-0.15, -0.1) is 13.2 Å². The fraction of sp³-hybridized carbons (Fsp3) is 0.600. The zero-order valence-corrected chi connectivity index (χ0v) is 11.7. The highest BCUT2D eigenvalue weighted by molar-refractivity contribution is 5.51. The summed E-state index contributed by atoms with van der Waals surface area (Å²) in [4.78, 5) is 2.21. The lowest BCUT2D eigenvalue weighted by Gasteiger charge is -2.46. The molecule has 1 aromatic rings. The van der Waals surface area contributed by atoms with Crippen LogP contribution in [0.3, 0.4) is 0 Å². The Morgan fingerprint density at radius 3 is 2.38 bits per heavy atom. The van der Waals surface area contributed by atoms with Gasteiger partial charge < -0.3 is 15.0 Å². The maximum Gasteiger partial charge on any atom is 0.573 e. The zero-order valence-electron chi connectivity index (χ0n) is 11.7. The Bertz CT molecular complexity index is 463. The number of rotatable bonds is 3. The van der Waals surface area contributed by atoms with Gasteiger partial charge in [0.15, 0.2) is 0 Å². The van der Waals surface area contributed by atoms with Gasteiger partial charge in [-0.2, -0.15) is 0 Å². The summed E-state index contributed by atoms with van der Waals surface area (Å²) in [5, 5.41) is 3.43. The minimum absolute atomic E-state index is 0.167. The first kappa shape index (κ1) is 14.5. The number of benzene rings is 1. The Balaban J connectivity index is 1.52. The molecular weight excluding hydrogens is 281 g/mol. The molecule has 116 valence electrons. The predicted molar refractivity (Wildman–Crippen MR) is 74.4 cm³/mol. The second-order valence-corrected chi connectivity index (χ2v) is 5.81. The molecule has 0 aromatic heterocycles. The molecule has 21 heavy (non-hydrogen) atoms. The normalized spacial score (nSPS) is 23.8. The van der Waals surface area contributed by atoms with E-state index in [9.17, 15) is 13.2 Å². The molecule has 1 unspecified atom stereocenters. The van der Waals surface area contributed by atoms with E-state index in [4.69, 9.17) is 0 Å². The van der Waals surface area contributed by atoms with Crippen LogP contribution in [0.5, 0.6) is 5.75 Å². The average molecular weight is 300 g/mol. The van der Waals surface area contributed by atoms with E-state index in [0.717, 1.165) is 37.8 Å². The summed E-state index contributed by atoms with van der Waals surface area (Å²) in [6.07, 6.45) is -2.11. The second kappa shape index (κ2) is 5.75. The Morgan fingerprint density at radius 2 is 1.81 bits per heavy atom. The first-order valence-electron chi connectivity index (χ1n) is 7.33. The molecule has 2 saturated heterocycles. The molecule has 0 aliphatic carbocycles. The second-order valence-electron chi connectivity index (χ2n) is 5.81. The Hall–Kier alpha value is -1.43. The monoisotopic (exact) mass is 300 g/mol. The van der Waals surface area contributed by atoms with E-state index in [2.05, 4.69) is 15.0 Å². The summed E-state index contributed by atoms with van der Waals surface area (Å²) in [5.74, 6) is 1.27. The molecule has 2 fully saturated rings. The van der Waals surface area contributed by atoms with Crippen LogP contribution in [-0.4, -0.2) is 32.5 Å². The third-order valence-corrected chi connectivity index (χ3v) is 4.35. The summed E-state index contributed by atoms with van der Waals surface area (Å²) in [5.41, 5.74) is 0.963. The number of hydrogen-bond acceptors (Lipinski definition) is 3. The first-order chi connectivity index (χ1) is 10.0. The Morgan fingerprint density at radius 1 is 1.10 bits per heavy atom. The number of nitrogens with one attached hydrogen (secondary N) is 1. The van der Waals surface area contributed by atoms with Gasteiger partial charge in [0.1, 0.15) is 5.75 Å². The lowest BCUT2D eigenvalue weighted by molar-refractivity contribution is -0.274. The highest BCUT2D eigenvalue weighted by atomic mass is 19.4. The van der Waals surface area contributed by atoms with Crippen LogP contribution in [0.15, 0.2) is 24.3 Å². The minimum Gasteiger partial charge on any atom is -0.406 e. The van der Waals surface area contributed by atoms with Gasteiger partial charge in [0.2, 0.25) is 0 Å². The van der Waals surface area contributed by atoms with Gasteiger partial charge >= 0.3 is 6.36 Å². The average Bonchev–Trinajstić information content (AvgIpc) is 2.39. The lowest BCUT2D eigenvalue weighted by atomic mass is 9.81. The summed E-state index contributed by atoms with van der Waals surface area (Å²) < 4.78 is 40.2. The Labute approximate surface area is 122 Å². The van der Waals surface area contributed by atoms with E-state index in [1.165, 1.54) is 25.0 Å². The maximum atomic E-state index is 12.1. The van der Waals surface area contributed by atoms with Gasteiger partial charge in [-0.1, -0.05) is 0 Å². The molecule has 0 saturated carbocycles. The quantitative estimate of drug-likeness (QED) is 0.928. The predicted octanol–water partition coefficient (Wildman–Crippen LogP) is 3.02. The molecule has 2 heterocycles. The third-order valence-electron chi connectivity index (χ3n) is 4.35. The van der Waals surface area contributed by atoms with Crippen molar-refractivity contribution in [2.45, 2.75) is 19.2 Å². The van der Waals surface area contributed by atoms with Crippen molar-refractivity contribution >= 4 is 5.69 Å². The topological polar surface area (TPSA) is 24.5 Å². The number of hydrogen-bond donors (Lipinski definition) is 1. The van der Waals surface area contributed by atoms with Gasteiger partial charge in [-0.25, -0.2) is 0 Å². The Kier molecular flexibility index (Phi) is 3.97. The molecule has 0 amide bonds. The number of anilines is 1. The number of ether oxygens (including phenoxy) is 1. The maximum absolute atomic E-state index is 12.1. The fourth-order valence-electron chi connectivity index (χ4n) is 3.16. The molecule has 0 bridgehead atoms. The van der Waals surface area contributed by atoms with Crippen molar-refractivity contribution in [2.75, 3.05) is 31.1 Å². The van der Waals surface area contributed by atoms with E-state index >= 15 is 0 Å². The highest BCUT2D eigenvalue weighted by Crippen LogP contribution is 2.33. The highest BCUT2D eigenvalue weighted by Gasteiger charge is 2.34. The minimum atomic E-state index is -4.63. The van der Waals surface area contributed by atoms with Gasteiger partial charge in [-0.3, -0.25) is 0 Å². The van der Waals surface area contributed by atoms with Crippen molar-refractivity contribution in [3.8, 4) is 5.75 Å². The van der Waals surface area contributed by atoms with E-state index in [1.54, 1.807) is 12.1 Å². The van der Waals surface area contributed by atoms with Crippen molar-refractivity contribution in [1.29, 1.82) is 0 Å². The van der Waals surface area contributed by atoms with Gasteiger partial charge in [-0.05, 0) is 62.0 Å². The smallest absolute Gasteiger partial charge is 0.406 e. The molecular formula is C15H19F3N2O. The molecule has 2 aliphatic heterocycles. The number of piperidine rings is 1. The van der Waals surface area contributed by atoms with Gasteiger partial charge in [0.05, 0.1) is 0 Å². The van der Waals surface area contributed by atoms with Crippen molar-refractivity contribution in [3.63, 3.8) is 0 Å². The summed E-state index contributed by atoms with van der Waals surface area (Å²) in [7, 11) is 0. The molecule has 2 aliphatic rings. The van der Waals surface area contributed by atoms with Crippen LogP contribution in [0.2, 0.25) is 0 Å². The van der Waals surface area contributed by atoms with Crippen LogP contribution in [0.1, 0.15) is 12.8 Å². The van der Waals surface area contributed by atoms with Crippen LogP contribution >= 0.6 is 0 Å². The summed E-state index contributed by atoms with van der Waals surface area (Å²) >= 11 is 0. The molecule has 6 heteroatoms. The van der Waals surface area contributed by atoms with E-state index < -0.39 is 6.36 Å². The molecule has 3 nitrogen and oxygen atoms in total. The van der Waals surface area contributed by atoms with Crippen molar-refractivity contribution in [2.24, 2.45) is 11.8 Å². The standard InChI is InChI=1S/C15H19F3N2O/c16-15(17,18)21-14-5-3-13(4-6-14)20-9-12(10-20)11-2-1-7-19-8-11/h3-6,11-12,19H,1-2,7-10H2. The van der Waals surface area contributed by atoms with Crippen molar-refractivity contribution < 1.29 is 17.9 Å². The van der Waals surface area contributed by atoms with Gasteiger partial charge in [0.25, 0.3) is 0 Å². The molecule has 1 aromatic carbocycles. The lowest BCUT2D eigenvalue weighted by Crippen LogP contribution is -2.53. The van der Waals surface area contributed by atoms with Crippen molar-refractivity contribution in [3.05, 3.63) is 24.3 Å². The molecule has 0 radical (unpaired) electrons. The van der Waals surface area contributed by atoms with Crippen LogP contribution in [0.25, 0.3) is 0 Å². The molecule has 0 spiro atoms. The van der Waals surface area contributed by atoms with Crippen molar-refractivity contribution in [1.82, 2.24) is 5.32 Å². The summed E-state index contributed by atoms with van der Waals surface area (Å²) in [6.45, 7) is 4.20.